The van der Waals surface area contributed by atoms with Gasteiger partial charge >= 0.3 is 6.18 Å². The van der Waals surface area contributed by atoms with Gasteiger partial charge in [-0.2, -0.15) is 18.3 Å². The molecular formula is C26H31F3N8O. The highest BCUT2D eigenvalue weighted by Crippen LogP contribution is 2.32. The minimum absolute atomic E-state index is 0.0588. The van der Waals surface area contributed by atoms with Gasteiger partial charge in [0.1, 0.15) is 0 Å². The van der Waals surface area contributed by atoms with Crippen LogP contribution in [-0.2, 0) is 19.8 Å². The lowest BCUT2D eigenvalue weighted by Gasteiger charge is -2.18. The molecule has 1 aliphatic heterocycles. The van der Waals surface area contributed by atoms with E-state index in [1.807, 2.05) is 34.0 Å². The van der Waals surface area contributed by atoms with E-state index in [0.717, 1.165) is 29.1 Å². The average molecular weight is 529 g/mol. The number of aryl methyl sites for hydroxylation is 2. The minimum Gasteiger partial charge on any atom is -0.322 e. The number of nitrogens with zero attached hydrogens (tertiary/aromatic N) is 4. The molecule has 202 valence electrons. The second-order valence-corrected chi connectivity index (χ2v) is 9.64. The van der Waals surface area contributed by atoms with Crippen LogP contribution < -0.4 is 26.6 Å². The summed E-state index contributed by atoms with van der Waals surface area (Å²) in [7, 11) is 1.85. The van der Waals surface area contributed by atoms with Crippen molar-refractivity contribution in [1.82, 2.24) is 31.0 Å². The minimum atomic E-state index is -4.54. The van der Waals surface area contributed by atoms with Crippen LogP contribution in [0.5, 0.6) is 0 Å². The Morgan fingerprint density at radius 3 is 2.55 bits per heavy atom. The van der Waals surface area contributed by atoms with Gasteiger partial charge in [0.05, 0.1) is 34.4 Å². The smallest absolute Gasteiger partial charge is 0.322 e. The van der Waals surface area contributed by atoms with Crippen molar-refractivity contribution in [2.24, 2.45) is 13.0 Å². The lowest BCUT2D eigenvalue weighted by atomic mass is 10.1. The maximum Gasteiger partial charge on any atom is 0.416 e. The lowest BCUT2D eigenvalue weighted by Crippen LogP contribution is -2.36. The summed E-state index contributed by atoms with van der Waals surface area (Å²) in [5.74, 6) is -0.221. The SMILES string of the molecule is Cc1ncc(C(=O)Nc2cc(CNCC(C)C)cc(C(F)(F)F)c2)cc1N1C=C(c2cnn(C)c2C)NN1. The van der Waals surface area contributed by atoms with Crippen LogP contribution in [0.25, 0.3) is 5.70 Å². The number of aromatic nitrogens is 3. The number of carbonyl (C=O) groups is 1. The Morgan fingerprint density at radius 1 is 1.13 bits per heavy atom. The molecule has 3 aromatic rings. The first-order valence-electron chi connectivity index (χ1n) is 12.1. The molecule has 12 heteroatoms. The summed E-state index contributed by atoms with van der Waals surface area (Å²) < 4.78 is 42.4. The van der Waals surface area contributed by atoms with Crippen LogP contribution in [0, 0.1) is 19.8 Å². The Balaban J connectivity index is 1.56. The molecule has 0 unspecified atom stereocenters. The van der Waals surface area contributed by atoms with E-state index in [2.05, 4.69) is 31.7 Å². The maximum atomic E-state index is 13.5. The molecule has 0 fully saturated rings. The Labute approximate surface area is 219 Å². The fraction of sp³-hybridized carbons (Fsp3) is 0.346. The van der Waals surface area contributed by atoms with Crippen LogP contribution in [0.3, 0.4) is 0 Å². The number of anilines is 2. The van der Waals surface area contributed by atoms with Gasteiger partial charge in [-0.3, -0.25) is 19.5 Å². The van der Waals surface area contributed by atoms with E-state index in [9.17, 15) is 18.0 Å². The first kappa shape index (κ1) is 27.1. The standard InChI is InChI=1S/C26H31F3N8O/c1-15(2)10-30-11-18-6-20(26(27,28)29)9-21(7-18)33-25(38)19-8-24(16(3)31-12-19)37-14-23(34-35-37)22-13-32-36(5)17(22)4/h6-9,12-15,30,34-35H,10-11H2,1-5H3,(H,33,38). The molecule has 0 saturated heterocycles. The van der Waals surface area contributed by atoms with Crippen LogP contribution >= 0.6 is 0 Å². The van der Waals surface area contributed by atoms with Crippen molar-refractivity contribution in [1.29, 1.82) is 0 Å². The van der Waals surface area contributed by atoms with Gasteiger partial charge in [-0.05, 0) is 56.1 Å². The molecule has 0 bridgehead atoms. The average Bonchev–Trinajstić information content (AvgIpc) is 3.45. The number of rotatable bonds is 8. The molecule has 2 aromatic heterocycles. The summed E-state index contributed by atoms with van der Waals surface area (Å²) >= 11 is 0. The number of benzene rings is 1. The number of hydrazine groups is 2. The van der Waals surface area contributed by atoms with Gasteiger partial charge in [-0.1, -0.05) is 13.8 Å². The van der Waals surface area contributed by atoms with Crippen molar-refractivity contribution in [3.05, 3.63) is 76.5 Å². The largest absolute Gasteiger partial charge is 0.416 e. The second kappa shape index (κ2) is 10.8. The highest BCUT2D eigenvalue weighted by molar-refractivity contribution is 6.04. The van der Waals surface area contributed by atoms with Gasteiger partial charge in [-0.25, -0.2) is 0 Å². The molecule has 1 aromatic carbocycles. The molecule has 4 N–H and O–H groups in total. The molecule has 0 saturated carbocycles. The zero-order chi connectivity index (χ0) is 27.6. The van der Waals surface area contributed by atoms with Gasteiger partial charge in [0.2, 0.25) is 0 Å². The quantitative estimate of drug-likeness (QED) is 0.347. The Morgan fingerprint density at radius 2 is 1.89 bits per heavy atom. The molecular weight excluding hydrogens is 497 g/mol. The van der Waals surface area contributed by atoms with Crippen molar-refractivity contribution < 1.29 is 18.0 Å². The number of nitrogens with one attached hydrogen (secondary N) is 4. The van der Waals surface area contributed by atoms with Crippen LogP contribution in [0.4, 0.5) is 24.5 Å². The summed E-state index contributed by atoms with van der Waals surface area (Å²) in [5, 5.41) is 11.7. The Kier molecular flexibility index (Phi) is 7.74. The molecule has 9 nitrogen and oxygen atoms in total. The first-order valence-corrected chi connectivity index (χ1v) is 12.1. The summed E-state index contributed by atoms with van der Waals surface area (Å²) in [4.78, 5) is 17.4. The molecule has 0 atom stereocenters. The Hall–Kier alpha value is -3.90. The van der Waals surface area contributed by atoms with E-state index < -0.39 is 17.6 Å². The topological polar surface area (TPSA) is 99.1 Å². The highest BCUT2D eigenvalue weighted by atomic mass is 19.4. The summed E-state index contributed by atoms with van der Waals surface area (Å²) in [6, 6.07) is 5.19. The number of halogens is 3. The Bertz CT molecular complexity index is 1360. The van der Waals surface area contributed by atoms with Crippen molar-refractivity contribution in [3.63, 3.8) is 0 Å². The highest BCUT2D eigenvalue weighted by Gasteiger charge is 2.31. The number of hydrogen-bond acceptors (Lipinski definition) is 7. The third kappa shape index (κ3) is 6.14. The molecule has 1 amide bonds. The molecule has 0 aliphatic carbocycles. The van der Waals surface area contributed by atoms with Crippen molar-refractivity contribution >= 4 is 23.0 Å². The van der Waals surface area contributed by atoms with Crippen molar-refractivity contribution in [2.75, 3.05) is 16.9 Å². The third-order valence-corrected chi connectivity index (χ3v) is 6.14. The predicted octanol–water partition coefficient (Wildman–Crippen LogP) is 4.28. The van der Waals surface area contributed by atoms with Crippen LogP contribution in [0.2, 0.25) is 0 Å². The predicted molar refractivity (Wildman–Crippen MR) is 140 cm³/mol. The maximum absolute atomic E-state index is 13.5. The molecule has 0 spiro atoms. The molecule has 4 rings (SSSR count). The van der Waals surface area contributed by atoms with E-state index in [-0.39, 0.29) is 17.8 Å². The zero-order valence-corrected chi connectivity index (χ0v) is 21.9. The zero-order valence-electron chi connectivity index (χ0n) is 21.9. The third-order valence-electron chi connectivity index (χ3n) is 6.14. The molecule has 3 heterocycles. The van der Waals surface area contributed by atoms with Crippen LogP contribution in [-0.4, -0.2) is 27.2 Å². The van der Waals surface area contributed by atoms with Crippen molar-refractivity contribution in [2.45, 2.75) is 40.4 Å². The lowest BCUT2D eigenvalue weighted by molar-refractivity contribution is -0.137. The van der Waals surface area contributed by atoms with E-state index in [0.29, 0.717) is 29.4 Å². The van der Waals surface area contributed by atoms with Crippen molar-refractivity contribution in [3.8, 4) is 0 Å². The van der Waals surface area contributed by atoms with E-state index in [1.165, 1.54) is 6.20 Å². The van der Waals surface area contributed by atoms with E-state index in [4.69, 9.17) is 0 Å². The molecule has 0 radical (unpaired) electrons. The normalized spacial score (nSPS) is 13.6. The van der Waals surface area contributed by atoms with E-state index >= 15 is 0 Å². The number of carbonyl (C=O) groups excluding carboxylic acids is 1. The van der Waals surface area contributed by atoms with Gasteiger partial charge < -0.3 is 16.1 Å². The van der Waals surface area contributed by atoms with E-state index in [1.54, 1.807) is 34.9 Å². The number of amides is 1. The summed E-state index contributed by atoms with van der Waals surface area (Å²) in [5.41, 5.74) is 9.87. The second-order valence-electron chi connectivity index (χ2n) is 9.64. The summed E-state index contributed by atoms with van der Waals surface area (Å²) in [6.07, 6.45) is 0.415. The van der Waals surface area contributed by atoms with Gasteiger partial charge in [0.25, 0.3) is 5.91 Å². The number of hydrogen-bond donors (Lipinski definition) is 4. The van der Waals surface area contributed by atoms with Gasteiger partial charge in [0.15, 0.2) is 0 Å². The van der Waals surface area contributed by atoms with Gasteiger partial charge in [-0.15, -0.1) is 5.53 Å². The van der Waals surface area contributed by atoms with Crippen LogP contribution in [0.1, 0.15) is 52.3 Å². The fourth-order valence-electron chi connectivity index (χ4n) is 3.97. The summed E-state index contributed by atoms with van der Waals surface area (Å²) in [6.45, 7) is 8.68. The monoisotopic (exact) mass is 528 g/mol. The number of alkyl halides is 3. The van der Waals surface area contributed by atoms with Gasteiger partial charge in [0, 0.05) is 42.9 Å². The van der Waals surface area contributed by atoms with Crippen LogP contribution in [0.15, 0.2) is 42.9 Å². The number of pyridine rings is 1. The first-order chi connectivity index (χ1) is 17.9. The molecule has 1 aliphatic rings. The molecule has 38 heavy (non-hydrogen) atoms. The fourth-order valence-corrected chi connectivity index (χ4v) is 3.97.